The molecule has 29 heavy (non-hydrogen) atoms. The fraction of sp³-hybridized carbons (Fsp3) is 0.158. The third-order valence-corrected chi connectivity index (χ3v) is 5.06. The van der Waals surface area contributed by atoms with Crippen LogP contribution in [0.3, 0.4) is 0 Å². The van der Waals surface area contributed by atoms with E-state index in [2.05, 4.69) is 13.7 Å². The second kappa shape index (κ2) is 7.13. The molecule has 1 fully saturated rings. The lowest BCUT2D eigenvalue weighted by Gasteiger charge is -2.14. The maximum absolute atomic E-state index is 14.8. The van der Waals surface area contributed by atoms with E-state index in [-0.39, 0.29) is 13.2 Å². The van der Waals surface area contributed by atoms with Crippen LogP contribution in [0.2, 0.25) is 0 Å². The zero-order valence-electron chi connectivity index (χ0n) is 14.9. The average molecular weight is 411 g/mol. The number of ether oxygens (including phenoxy) is 2. The van der Waals surface area contributed by atoms with Gasteiger partial charge in [-0.05, 0) is 24.3 Å². The van der Waals surface area contributed by atoms with E-state index in [9.17, 15) is 9.18 Å². The van der Waals surface area contributed by atoms with E-state index in [4.69, 9.17) is 9.47 Å². The van der Waals surface area contributed by atoms with Gasteiger partial charge in [0.1, 0.15) is 18.6 Å². The fourth-order valence-electron chi connectivity index (χ4n) is 3.21. The average Bonchev–Trinajstić information content (AvgIpc) is 3.45. The number of hydrogen-bond donors (Lipinski definition) is 0. The van der Waals surface area contributed by atoms with Crippen LogP contribution in [-0.4, -0.2) is 43.6 Å². The van der Waals surface area contributed by atoms with Crippen molar-refractivity contribution >= 4 is 34.3 Å². The normalized spacial score (nSPS) is 16.4. The van der Waals surface area contributed by atoms with Crippen molar-refractivity contribution < 1.29 is 18.7 Å². The number of carbonyl (C=O) groups excluding carboxylic acids is 1. The predicted octanol–water partition coefficient (Wildman–Crippen LogP) is 3.42. The van der Waals surface area contributed by atoms with Gasteiger partial charge in [0.15, 0.2) is 6.10 Å². The molecule has 1 atom stereocenters. The number of benzene rings is 1. The van der Waals surface area contributed by atoms with Gasteiger partial charge < -0.3 is 14.0 Å². The van der Waals surface area contributed by atoms with Gasteiger partial charge >= 0.3 is 6.09 Å². The lowest BCUT2D eigenvalue weighted by Crippen LogP contribution is -2.26. The number of halogens is 1. The Labute approximate surface area is 168 Å². The summed E-state index contributed by atoms with van der Waals surface area (Å²) in [6.45, 7) is 0.409. The number of rotatable bonds is 5. The molecule has 1 aliphatic rings. The Kier molecular flexibility index (Phi) is 4.32. The molecule has 0 bridgehead atoms. The molecule has 5 rings (SSSR count). The molecule has 4 aromatic rings. The summed E-state index contributed by atoms with van der Waals surface area (Å²) in [5.74, 6) is -0.0639. The molecule has 1 saturated heterocycles. The van der Waals surface area contributed by atoms with Crippen LogP contribution >= 0.6 is 11.7 Å². The van der Waals surface area contributed by atoms with Crippen molar-refractivity contribution in [1.29, 1.82) is 0 Å². The van der Waals surface area contributed by atoms with Crippen molar-refractivity contribution in [3.8, 4) is 11.6 Å². The molecule has 0 aliphatic carbocycles. The minimum atomic E-state index is -0.542. The highest BCUT2D eigenvalue weighted by Gasteiger charge is 2.33. The molecule has 8 nitrogen and oxygen atoms in total. The molecular formula is C19H14FN5O3S. The van der Waals surface area contributed by atoms with Crippen molar-refractivity contribution in [3.05, 3.63) is 61.1 Å². The Morgan fingerprint density at radius 1 is 1.24 bits per heavy atom. The third-order valence-electron chi connectivity index (χ3n) is 4.60. The zero-order chi connectivity index (χ0) is 19.8. The molecule has 1 aromatic carbocycles. The number of nitrogens with zero attached hydrogens (tertiary/aromatic N) is 5. The standard InChI is InChI=1S/C19H14FN5O3S/c20-16-5-14(1-2-17(16)24-8-12-3-4-21-6-13(12)9-24)25-10-15(28-19(25)26)11-27-18-7-22-29-23-18/h1-9,15H,10-11H2. The summed E-state index contributed by atoms with van der Waals surface area (Å²) in [4.78, 5) is 17.7. The lowest BCUT2D eigenvalue weighted by molar-refractivity contribution is 0.103. The van der Waals surface area contributed by atoms with E-state index < -0.39 is 18.0 Å². The van der Waals surface area contributed by atoms with Gasteiger partial charge in [-0.3, -0.25) is 9.88 Å². The van der Waals surface area contributed by atoms with Gasteiger partial charge in [-0.1, -0.05) is 0 Å². The molecule has 4 heterocycles. The first-order valence-corrected chi connectivity index (χ1v) is 9.50. The highest BCUT2D eigenvalue weighted by Crippen LogP contribution is 2.27. The molecule has 1 amide bonds. The molecule has 0 spiro atoms. The van der Waals surface area contributed by atoms with Gasteiger partial charge in [0.2, 0.25) is 5.88 Å². The Morgan fingerprint density at radius 2 is 2.14 bits per heavy atom. The molecule has 3 aromatic heterocycles. The zero-order valence-corrected chi connectivity index (χ0v) is 15.8. The van der Waals surface area contributed by atoms with Crippen LogP contribution in [0.15, 0.2) is 55.2 Å². The molecule has 1 aliphatic heterocycles. The Bertz CT molecular complexity index is 1150. The minimum Gasteiger partial charge on any atom is -0.472 e. The summed E-state index contributed by atoms with van der Waals surface area (Å²) < 4.78 is 35.0. The number of hydrogen-bond acceptors (Lipinski definition) is 7. The largest absolute Gasteiger partial charge is 0.472 e. The summed E-state index contributed by atoms with van der Waals surface area (Å²) in [6, 6.07) is 6.51. The molecule has 0 N–H and O–H groups in total. The van der Waals surface area contributed by atoms with Gasteiger partial charge in [0.25, 0.3) is 0 Å². The number of cyclic esters (lactones) is 1. The number of pyridine rings is 1. The van der Waals surface area contributed by atoms with Crippen LogP contribution in [0.4, 0.5) is 14.9 Å². The van der Waals surface area contributed by atoms with E-state index in [1.165, 1.54) is 17.2 Å². The topological polar surface area (TPSA) is 82.4 Å². The first-order valence-electron chi connectivity index (χ1n) is 8.77. The van der Waals surface area contributed by atoms with Crippen LogP contribution in [-0.2, 0) is 4.74 Å². The Balaban J connectivity index is 1.33. The van der Waals surface area contributed by atoms with E-state index in [0.29, 0.717) is 17.3 Å². The number of amides is 1. The number of carbonyl (C=O) groups is 1. The summed E-state index contributed by atoms with van der Waals surface area (Å²) >= 11 is 1.03. The first kappa shape index (κ1) is 17.6. The highest BCUT2D eigenvalue weighted by molar-refractivity contribution is 6.99. The van der Waals surface area contributed by atoms with Crippen molar-refractivity contribution in [2.24, 2.45) is 0 Å². The number of fused-ring (bicyclic) bond motifs is 1. The van der Waals surface area contributed by atoms with Crippen LogP contribution in [0.5, 0.6) is 5.88 Å². The van der Waals surface area contributed by atoms with Crippen molar-refractivity contribution in [2.75, 3.05) is 18.1 Å². The van der Waals surface area contributed by atoms with Gasteiger partial charge in [-0.25, -0.2) is 9.18 Å². The van der Waals surface area contributed by atoms with Crippen LogP contribution < -0.4 is 9.64 Å². The summed E-state index contributed by atoms with van der Waals surface area (Å²) in [7, 11) is 0. The number of aromatic nitrogens is 4. The Morgan fingerprint density at radius 3 is 2.93 bits per heavy atom. The third kappa shape index (κ3) is 3.38. The molecular weight excluding hydrogens is 397 g/mol. The van der Waals surface area contributed by atoms with Crippen LogP contribution in [0.1, 0.15) is 0 Å². The SMILES string of the molecule is O=C1OC(COc2cnsn2)CN1c1ccc(-n2cc3ccncc3c2)c(F)c1. The van der Waals surface area contributed by atoms with E-state index in [1.54, 1.807) is 29.1 Å². The second-order valence-electron chi connectivity index (χ2n) is 6.48. The molecule has 146 valence electrons. The Hall–Kier alpha value is -3.53. The van der Waals surface area contributed by atoms with Crippen LogP contribution in [0, 0.1) is 5.82 Å². The first-order chi connectivity index (χ1) is 14.2. The number of anilines is 1. The van der Waals surface area contributed by atoms with E-state index in [0.717, 1.165) is 22.5 Å². The van der Waals surface area contributed by atoms with Gasteiger partial charge in [0, 0.05) is 35.6 Å². The highest BCUT2D eigenvalue weighted by atomic mass is 32.1. The molecule has 1 unspecified atom stereocenters. The molecule has 0 radical (unpaired) electrons. The lowest BCUT2D eigenvalue weighted by atomic mass is 10.2. The predicted molar refractivity (Wildman–Crippen MR) is 104 cm³/mol. The van der Waals surface area contributed by atoms with Crippen molar-refractivity contribution in [3.63, 3.8) is 0 Å². The fourth-order valence-corrected chi connectivity index (χ4v) is 3.57. The molecule has 10 heteroatoms. The van der Waals surface area contributed by atoms with Crippen molar-refractivity contribution in [1.82, 2.24) is 18.3 Å². The van der Waals surface area contributed by atoms with Gasteiger partial charge in [0.05, 0.1) is 29.6 Å². The summed E-state index contributed by atoms with van der Waals surface area (Å²) in [6.07, 6.45) is 7.53. The minimum absolute atomic E-state index is 0.151. The summed E-state index contributed by atoms with van der Waals surface area (Å²) in [5, 5.41) is 1.88. The maximum atomic E-state index is 14.8. The van der Waals surface area contributed by atoms with Crippen molar-refractivity contribution in [2.45, 2.75) is 6.10 Å². The van der Waals surface area contributed by atoms with Gasteiger partial charge in [-0.15, -0.1) is 4.37 Å². The monoisotopic (exact) mass is 411 g/mol. The smallest absolute Gasteiger partial charge is 0.414 e. The van der Waals surface area contributed by atoms with Gasteiger partial charge in [-0.2, -0.15) is 4.37 Å². The van der Waals surface area contributed by atoms with E-state index in [1.807, 2.05) is 18.5 Å². The second-order valence-corrected chi connectivity index (χ2v) is 7.04. The molecule has 0 saturated carbocycles. The van der Waals surface area contributed by atoms with E-state index >= 15 is 0 Å². The summed E-state index contributed by atoms with van der Waals surface area (Å²) in [5.41, 5.74) is 0.806. The maximum Gasteiger partial charge on any atom is 0.414 e. The quantitative estimate of drug-likeness (QED) is 0.501. The van der Waals surface area contributed by atoms with Crippen LogP contribution in [0.25, 0.3) is 16.5 Å².